The van der Waals surface area contributed by atoms with Gasteiger partial charge in [0.05, 0.1) is 10.5 Å². The number of hydrogen-bond donors (Lipinski definition) is 0. The summed E-state index contributed by atoms with van der Waals surface area (Å²) in [7, 11) is 0. The van der Waals surface area contributed by atoms with Gasteiger partial charge in [0.25, 0.3) is 11.7 Å². The molecule has 0 radical (unpaired) electrons. The SMILES string of the molecule is CC1(Cl)C(C(F)(F)F)=CC([N+](=O)[O-])=C(Cl)C1[N+](=O)[O-]. The Labute approximate surface area is 113 Å². The summed E-state index contributed by atoms with van der Waals surface area (Å²) in [5.74, 6) is 0. The molecule has 1 aliphatic carbocycles. The van der Waals surface area contributed by atoms with Crippen LogP contribution in [0.25, 0.3) is 0 Å². The van der Waals surface area contributed by atoms with E-state index in [0.717, 1.165) is 6.92 Å². The topological polar surface area (TPSA) is 86.3 Å². The molecule has 0 amide bonds. The highest BCUT2D eigenvalue weighted by molar-refractivity contribution is 6.33. The summed E-state index contributed by atoms with van der Waals surface area (Å²) in [4.78, 5) is 16.5. The Morgan fingerprint density at radius 1 is 1.37 bits per heavy atom. The predicted octanol–water partition coefficient (Wildman–Crippen LogP) is 2.86. The molecular formula is C8H5Cl2F3N2O4. The van der Waals surface area contributed by atoms with E-state index in [4.69, 9.17) is 23.2 Å². The fraction of sp³-hybridized carbons (Fsp3) is 0.500. The van der Waals surface area contributed by atoms with E-state index in [9.17, 15) is 33.4 Å². The summed E-state index contributed by atoms with van der Waals surface area (Å²) in [5.41, 5.74) is -2.77. The maximum atomic E-state index is 12.8. The smallest absolute Gasteiger partial charge is 0.264 e. The van der Waals surface area contributed by atoms with Gasteiger partial charge in [-0.3, -0.25) is 20.2 Å². The van der Waals surface area contributed by atoms with E-state index in [1.54, 1.807) is 0 Å². The van der Waals surface area contributed by atoms with Crippen LogP contribution in [0.1, 0.15) is 6.92 Å². The molecule has 0 saturated carbocycles. The zero-order valence-corrected chi connectivity index (χ0v) is 10.6. The van der Waals surface area contributed by atoms with Crippen LogP contribution in [0.5, 0.6) is 0 Å². The van der Waals surface area contributed by atoms with E-state index < -0.39 is 43.2 Å². The predicted molar refractivity (Wildman–Crippen MR) is 59.1 cm³/mol. The third-order valence-electron chi connectivity index (χ3n) is 2.52. The number of rotatable bonds is 2. The van der Waals surface area contributed by atoms with Crippen molar-refractivity contribution >= 4 is 23.2 Å². The Morgan fingerprint density at radius 2 is 1.84 bits per heavy atom. The maximum absolute atomic E-state index is 12.8. The Kier molecular flexibility index (Phi) is 3.83. The van der Waals surface area contributed by atoms with Crippen LogP contribution in [0.2, 0.25) is 0 Å². The zero-order chi connectivity index (χ0) is 15.2. The van der Waals surface area contributed by atoms with Crippen LogP contribution in [0.15, 0.2) is 22.4 Å². The Hall–Kier alpha value is -1.35. The summed E-state index contributed by atoms with van der Waals surface area (Å²) >= 11 is 11.0. The van der Waals surface area contributed by atoms with Gasteiger partial charge < -0.3 is 0 Å². The van der Waals surface area contributed by atoms with Gasteiger partial charge in [-0.1, -0.05) is 11.6 Å². The van der Waals surface area contributed by atoms with Gasteiger partial charge in [-0.05, 0) is 6.92 Å². The molecule has 0 aromatic rings. The Balaban J connectivity index is 3.61. The second kappa shape index (κ2) is 4.64. The van der Waals surface area contributed by atoms with E-state index in [-0.39, 0.29) is 6.08 Å². The second-order valence-electron chi connectivity index (χ2n) is 3.81. The molecule has 0 aromatic heterocycles. The van der Waals surface area contributed by atoms with Crippen molar-refractivity contribution in [1.29, 1.82) is 0 Å². The van der Waals surface area contributed by atoms with Crippen molar-refractivity contribution in [3.63, 3.8) is 0 Å². The first kappa shape index (κ1) is 15.7. The van der Waals surface area contributed by atoms with Gasteiger partial charge in [0.2, 0.25) is 0 Å². The first-order chi connectivity index (χ1) is 8.40. The Bertz CT molecular complexity index is 513. The number of alkyl halides is 4. The molecule has 0 bridgehead atoms. The molecule has 0 spiro atoms. The molecule has 106 valence electrons. The van der Waals surface area contributed by atoms with Crippen LogP contribution in [-0.4, -0.2) is 26.9 Å². The van der Waals surface area contributed by atoms with E-state index >= 15 is 0 Å². The monoisotopic (exact) mass is 320 g/mol. The van der Waals surface area contributed by atoms with E-state index in [1.807, 2.05) is 0 Å². The normalized spacial score (nSPS) is 28.1. The third-order valence-corrected chi connectivity index (χ3v) is 3.33. The average molecular weight is 321 g/mol. The van der Waals surface area contributed by atoms with Crippen LogP contribution in [0.4, 0.5) is 13.2 Å². The maximum Gasteiger partial charge on any atom is 0.414 e. The lowest BCUT2D eigenvalue weighted by Gasteiger charge is -2.31. The molecule has 11 heteroatoms. The zero-order valence-electron chi connectivity index (χ0n) is 9.07. The molecule has 1 aliphatic rings. The average Bonchev–Trinajstić information content (AvgIpc) is 2.12. The van der Waals surface area contributed by atoms with Crippen LogP contribution < -0.4 is 0 Å². The molecular weight excluding hydrogens is 316 g/mol. The summed E-state index contributed by atoms with van der Waals surface area (Å²) in [6.07, 6.45) is -4.93. The number of allylic oxidation sites excluding steroid dienone is 1. The van der Waals surface area contributed by atoms with Crippen molar-refractivity contribution in [3.05, 3.63) is 42.6 Å². The van der Waals surface area contributed by atoms with Crippen LogP contribution in [0, 0.1) is 20.2 Å². The highest BCUT2D eigenvalue weighted by Gasteiger charge is 2.59. The molecule has 6 nitrogen and oxygen atoms in total. The van der Waals surface area contributed by atoms with Crippen molar-refractivity contribution in [3.8, 4) is 0 Å². The van der Waals surface area contributed by atoms with Crippen LogP contribution in [0.3, 0.4) is 0 Å². The van der Waals surface area contributed by atoms with Crippen molar-refractivity contribution in [2.24, 2.45) is 0 Å². The standard InChI is InChI=1S/C8H5Cl2F3N2O4/c1-7(10)4(8(11,12)13)2-3(14(16)17)5(9)6(7)15(18)19/h2,6H,1H3. The Morgan fingerprint density at radius 3 is 2.16 bits per heavy atom. The molecule has 0 heterocycles. The number of nitro groups is 2. The van der Waals surface area contributed by atoms with Crippen LogP contribution >= 0.6 is 23.2 Å². The quantitative estimate of drug-likeness (QED) is 0.444. The summed E-state index contributed by atoms with van der Waals surface area (Å²) in [6.45, 7) is 0.737. The van der Waals surface area contributed by atoms with Gasteiger partial charge in [0, 0.05) is 11.0 Å². The molecule has 1 rings (SSSR count). The van der Waals surface area contributed by atoms with Gasteiger partial charge in [0.15, 0.2) is 5.03 Å². The first-order valence-electron chi connectivity index (χ1n) is 4.56. The number of hydrogen-bond acceptors (Lipinski definition) is 4. The van der Waals surface area contributed by atoms with Gasteiger partial charge >= 0.3 is 6.18 Å². The molecule has 2 atom stereocenters. The minimum atomic E-state index is -5.05. The number of nitrogens with zero attached hydrogens (tertiary/aromatic N) is 2. The molecule has 0 saturated heterocycles. The molecule has 0 aliphatic heterocycles. The summed E-state index contributed by atoms with van der Waals surface area (Å²) in [6, 6.07) is -2.25. The van der Waals surface area contributed by atoms with Gasteiger partial charge in [-0.25, -0.2) is 0 Å². The largest absolute Gasteiger partial charge is 0.414 e. The van der Waals surface area contributed by atoms with E-state index in [0.29, 0.717) is 0 Å². The summed E-state index contributed by atoms with van der Waals surface area (Å²) in [5, 5.41) is 20.5. The van der Waals surface area contributed by atoms with Crippen LogP contribution in [-0.2, 0) is 0 Å². The fourth-order valence-corrected chi connectivity index (χ4v) is 2.49. The fourth-order valence-electron chi connectivity index (χ4n) is 1.66. The number of halogens is 5. The van der Waals surface area contributed by atoms with Crippen molar-refractivity contribution in [1.82, 2.24) is 0 Å². The minimum absolute atomic E-state index is 0.120. The second-order valence-corrected chi connectivity index (χ2v) is 5.00. The molecule has 2 unspecified atom stereocenters. The van der Waals surface area contributed by atoms with Crippen molar-refractivity contribution in [2.75, 3.05) is 0 Å². The first-order valence-corrected chi connectivity index (χ1v) is 5.32. The molecule has 19 heavy (non-hydrogen) atoms. The molecule has 0 fully saturated rings. The van der Waals surface area contributed by atoms with E-state index in [2.05, 4.69) is 0 Å². The van der Waals surface area contributed by atoms with Crippen molar-refractivity contribution in [2.45, 2.75) is 24.0 Å². The third kappa shape index (κ3) is 2.66. The molecule has 0 aromatic carbocycles. The lowest BCUT2D eigenvalue weighted by Crippen LogP contribution is -2.48. The molecule has 0 N–H and O–H groups in total. The lowest BCUT2D eigenvalue weighted by atomic mass is 9.86. The van der Waals surface area contributed by atoms with E-state index in [1.165, 1.54) is 0 Å². The minimum Gasteiger partial charge on any atom is -0.264 e. The summed E-state index contributed by atoms with van der Waals surface area (Å²) < 4.78 is 38.3. The highest BCUT2D eigenvalue weighted by Crippen LogP contribution is 2.47. The van der Waals surface area contributed by atoms with Crippen molar-refractivity contribution < 1.29 is 23.0 Å². The highest BCUT2D eigenvalue weighted by atomic mass is 35.5. The van der Waals surface area contributed by atoms with Gasteiger partial charge in [-0.2, -0.15) is 13.2 Å². The van der Waals surface area contributed by atoms with Gasteiger partial charge in [0.1, 0.15) is 4.87 Å². The van der Waals surface area contributed by atoms with Gasteiger partial charge in [-0.15, -0.1) is 11.6 Å². The lowest BCUT2D eigenvalue weighted by molar-refractivity contribution is -0.518.